The second kappa shape index (κ2) is 7.47. The van der Waals surface area contributed by atoms with Gasteiger partial charge in [-0.2, -0.15) is 0 Å². The quantitative estimate of drug-likeness (QED) is 0.802. The van der Waals surface area contributed by atoms with Crippen LogP contribution in [0.3, 0.4) is 0 Å². The van der Waals surface area contributed by atoms with Crippen molar-refractivity contribution in [2.75, 3.05) is 11.9 Å². The molecule has 0 saturated heterocycles. The number of nitrogens with one attached hydrogen (secondary N) is 2. The van der Waals surface area contributed by atoms with Crippen molar-refractivity contribution in [1.29, 1.82) is 0 Å². The number of urea groups is 1. The molecule has 1 aromatic heterocycles. The lowest BCUT2D eigenvalue weighted by Gasteiger charge is -2.13. The summed E-state index contributed by atoms with van der Waals surface area (Å²) in [7, 11) is 0. The summed E-state index contributed by atoms with van der Waals surface area (Å²) >= 11 is 0. The Kier molecular flexibility index (Phi) is 5.37. The maximum atomic E-state index is 12.0. The fourth-order valence-corrected chi connectivity index (χ4v) is 2.24. The molecule has 112 valence electrons. The van der Waals surface area contributed by atoms with Crippen LogP contribution in [0.5, 0.6) is 0 Å². The lowest BCUT2D eigenvalue weighted by atomic mass is 10.1. The maximum absolute atomic E-state index is 12.0. The Labute approximate surface area is 125 Å². The maximum Gasteiger partial charge on any atom is 0.319 e. The summed E-state index contributed by atoms with van der Waals surface area (Å²) in [5.41, 5.74) is 3.17. The molecule has 0 aliphatic heterocycles. The predicted molar refractivity (Wildman–Crippen MR) is 84.4 cm³/mol. The summed E-state index contributed by atoms with van der Waals surface area (Å²) < 4.78 is 2.00. The molecule has 5 heteroatoms. The smallest absolute Gasteiger partial charge is 0.319 e. The first-order valence-corrected chi connectivity index (χ1v) is 7.29. The number of hydrogen-bond donors (Lipinski definition) is 2. The lowest BCUT2D eigenvalue weighted by molar-refractivity contribution is 0.251. The molecule has 2 rings (SSSR count). The van der Waals surface area contributed by atoms with E-state index in [1.165, 1.54) is 0 Å². The zero-order valence-electron chi connectivity index (χ0n) is 12.6. The van der Waals surface area contributed by atoms with Crippen molar-refractivity contribution >= 4 is 11.7 Å². The Morgan fingerprint density at radius 1 is 1.38 bits per heavy atom. The first-order chi connectivity index (χ1) is 10.2. The van der Waals surface area contributed by atoms with Crippen LogP contribution in [0, 0.1) is 6.92 Å². The summed E-state index contributed by atoms with van der Waals surface area (Å²) in [6, 6.07) is 5.92. The van der Waals surface area contributed by atoms with Crippen LogP contribution in [0.4, 0.5) is 10.5 Å². The number of carbonyl (C=O) groups is 1. The van der Waals surface area contributed by atoms with E-state index in [1.54, 1.807) is 12.5 Å². The molecule has 21 heavy (non-hydrogen) atoms. The van der Waals surface area contributed by atoms with E-state index in [0.29, 0.717) is 6.54 Å². The second-order valence-electron chi connectivity index (χ2n) is 5.00. The number of aromatic nitrogens is 2. The predicted octanol–water partition coefficient (Wildman–Crippen LogP) is 2.97. The molecule has 0 saturated carbocycles. The number of carbonyl (C=O) groups excluding carboxylic acids is 1. The van der Waals surface area contributed by atoms with Gasteiger partial charge in [-0.3, -0.25) is 0 Å². The zero-order chi connectivity index (χ0) is 15.1. The van der Waals surface area contributed by atoms with E-state index in [0.717, 1.165) is 36.2 Å². The molecule has 0 fully saturated rings. The molecule has 0 aliphatic rings. The molecule has 2 aromatic rings. The summed E-state index contributed by atoms with van der Waals surface area (Å²) in [4.78, 5) is 15.9. The second-order valence-corrected chi connectivity index (χ2v) is 5.00. The third kappa shape index (κ3) is 4.34. The first kappa shape index (κ1) is 15.1. The minimum atomic E-state index is -0.148. The van der Waals surface area contributed by atoms with Crippen molar-refractivity contribution in [1.82, 2.24) is 14.9 Å². The number of amides is 2. The van der Waals surface area contributed by atoms with E-state index < -0.39 is 0 Å². The molecule has 1 heterocycles. The van der Waals surface area contributed by atoms with Gasteiger partial charge in [0.1, 0.15) is 0 Å². The van der Waals surface area contributed by atoms with E-state index >= 15 is 0 Å². The molecule has 0 aliphatic carbocycles. The molecule has 1 aromatic carbocycles. The van der Waals surface area contributed by atoms with Gasteiger partial charge in [-0.05, 0) is 30.9 Å². The monoisotopic (exact) mass is 286 g/mol. The van der Waals surface area contributed by atoms with Crippen LogP contribution >= 0.6 is 0 Å². The molecule has 0 radical (unpaired) electrons. The number of benzene rings is 1. The highest BCUT2D eigenvalue weighted by Gasteiger charge is 2.07. The summed E-state index contributed by atoms with van der Waals surface area (Å²) in [6.07, 6.45) is 7.22. The van der Waals surface area contributed by atoms with E-state index in [1.807, 2.05) is 35.9 Å². The Bertz CT molecular complexity index is 578. The van der Waals surface area contributed by atoms with Gasteiger partial charge in [-0.15, -0.1) is 0 Å². The van der Waals surface area contributed by atoms with E-state index in [2.05, 4.69) is 22.5 Å². The lowest BCUT2D eigenvalue weighted by Crippen LogP contribution is -2.30. The highest BCUT2D eigenvalue weighted by atomic mass is 16.2. The number of hydrogen-bond acceptors (Lipinski definition) is 2. The highest BCUT2D eigenvalue weighted by molar-refractivity contribution is 5.91. The SMILES string of the molecule is CCc1cccc(C)c1NC(=O)NCCCn1ccnc1. The Balaban J connectivity index is 1.79. The number of para-hydroxylation sites is 1. The fraction of sp³-hybridized carbons (Fsp3) is 0.375. The van der Waals surface area contributed by atoms with Crippen molar-refractivity contribution < 1.29 is 4.79 Å². The van der Waals surface area contributed by atoms with Crippen LogP contribution in [0.2, 0.25) is 0 Å². The average Bonchev–Trinajstić information content (AvgIpc) is 2.99. The number of imidazole rings is 1. The van der Waals surface area contributed by atoms with E-state index in [9.17, 15) is 4.79 Å². The van der Waals surface area contributed by atoms with Gasteiger partial charge in [-0.25, -0.2) is 9.78 Å². The summed E-state index contributed by atoms with van der Waals surface area (Å²) in [5.74, 6) is 0. The van der Waals surface area contributed by atoms with Gasteiger partial charge in [0, 0.05) is 31.2 Å². The van der Waals surface area contributed by atoms with Crippen molar-refractivity contribution in [2.45, 2.75) is 33.2 Å². The van der Waals surface area contributed by atoms with E-state index in [-0.39, 0.29) is 6.03 Å². The van der Waals surface area contributed by atoms with Crippen molar-refractivity contribution in [3.05, 3.63) is 48.0 Å². The largest absolute Gasteiger partial charge is 0.338 e. The molecular weight excluding hydrogens is 264 g/mol. The third-order valence-corrected chi connectivity index (χ3v) is 3.42. The first-order valence-electron chi connectivity index (χ1n) is 7.29. The van der Waals surface area contributed by atoms with Crippen LogP contribution in [0.1, 0.15) is 24.5 Å². The van der Waals surface area contributed by atoms with Gasteiger partial charge in [0.25, 0.3) is 0 Å². The van der Waals surface area contributed by atoms with Crippen LogP contribution in [0.25, 0.3) is 0 Å². The zero-order valence-corrected chi connectivity index (χ0v) is 12.6. The Morgan fingerprint density at radius 2 is 2.24 bits per heavy atom. The minimum absolute atomic E-state index is 0.148. The van der Waals surface area contributed by atoms with Gasteiger partial charge in [0.2, 0.25) is 0 Å². The fourth-order valence-electron chi connectivity index (χ4n) is 2.24. The van der Waals surface area contributed by atoms with E-state index in [4.69, 9.17) is 0 Å². The molecular formula is C16H22N4O. The Hall–Kier alpha value is -2.30. The molecule has 2 N–H and O–H groups in total. The minimum Gasteiger partial charge on any atom is -0.338 e. The number of nitrogens with zero attached hydrogens (tertiary/aromatic N) is 2. The van der Waals surface area contributed by atoms with Crippen LogP contribution in [-0.2, 0) is 13.0 Å². The average molecular weight is 286 g/mol. The normalized spacial score (nSPS) is 10.4. The molecule has 0 spiro atoms. The van der Waals surface area contributed by atoms with Crippen LogP contribution in [0.15, 0.2) is 36.9 Å². The third-order valence-electron chi connectivity index (χ3n) is 3.42. The number of anilines is 1. The summed E-state index contributed by atoms with van der Waals surface area (Å²) in [5, 5.41) is 5.84. The van der Waals surface area contributed by atoms with Crippen LogP contribution in [-0.4, -0.2) is 22.1 Å². The summed E-state index contributed by atoms with van der Waals surface area (Å²) in [6.45, 7) is 5.58. The van der Waals surface area contributed by atoms with Gasteiger partial charge >= 0.3 is 6.03 Å². The highest BCUT2D eigenvalue weighted by Crippen LogP contribution is 2.20. The molecule has 0 unspecified atom stereocenters. The van der Waals surface area contributed by atoms with Gasteiger partial charge in [-0.1, -0.05) is 25.1 Å². The number of rotatable bonds is 6. The van der Waals surface area contributed by atoms with Crippen LogP contribution < -0.4 is 10.6 Å². The van der Waals surface area contributed by atoms with Crippen molar-refractivity contribution in [3.8, 4) is 0 Å². The number of aryl methyl sites for hydroxylation is 3. The molecule has 2 amide bonds. The van der Waals surface area contributed by atoms with Gasteiger partial charge in [0.15, 0.2) is 0 Å². The molecule has 5 nitrogen and oxygen atoms in total. The van der Waals surface area contributed by atoms with Crippen molar-refractivity contribution in [2.24, 2.45) is 0 Å². The van der Waals surface area contributed by atoms with Crippen molar-refractivity contribution in [3.63, 3.8) is 0 Å². The molecule has 0 bridgehead atoms. The standard InChI is InChI=1S/C16H22N4O/c1-3-14-7-4-6-13(2)15(14)19-16(21)18-8-5-10-20-11-9-17-12-20/h4,6-7,9,11-12H,3,5,8,10H2,1-2H3,(H2,18,19,21). The Morgan fingerprint density at radius 3 is 2.95 bits per heavy atom. The molecule has 0 atom stereocenters. The topological polar surface area (TPSA) is 59.0 Å². The van der Waals surface area contributed by atoms with Gasteiger partial charge < -0.3 is 15.2 Å². The van der Waals surface area contributed by atoms with Gasteiger partial charge in [0.05, 0.1) is 6.33 Å².